The minimum Gasteiger partial charge on any atom is -0.477 e. The fourth-order valence-electron chi connectivity index (χ4n) is 1.44. The lowest BCUT2D eigenvalue weighted by Crippen LogP contribution is -2.04. The molecule has 0 aliphatic carbocycles. The predicted octanol–water partition coefficient (Wildman–Crippen LogP) is 1.19. The summed E-state index contributed by atoms with van der Waals surface area (Å²) in [5.74, 6) is -0.722. The monoisotopic (exact) mass is 226 g/mol. The Morgan fingerprint density at radius 2 is 2.27 bits per heavy atom. The normalized spacial score (nSPS) is 11.4. The highest BCUT2D eigenvalue weighted by atomic mass is 32.1. The van der Waals surface area contributed by atoms with Gasteiger partial charge in [0.1, 0.15) is 4.88 Å². The third-order valence-corrected chi connectivity index (χ3v) is 3.02. The van der Waals surface area contributed by atoms with Crippen LogP contribution in [-0.2, 0) is 0 Å². The van der Waals surface area contributed by atoms with Crippen molar-refractivity contribution in [2.75, 3.05) is 5.73 Å². The number of carboxylic acids is 1. The topological polar surface area (TPSA) is 93.5 Å². The van der Waals surface area contributed by atoms with E-state index in [0.717, 1.165) is 11.3 Å². The van der Waals surface area contributed by atoms with Gasteiger partial charge in [-0.2, -0.15) is 4.98 Å². The predicted molar refractivity (Wildman–Crippen MR) is 56.3 cm³/mol. The quantitative estimate of drug-likeness (QED) is 0.802. The second-order valence-electron chi connectivity index (χ2n) is 3.44. The van der Waals surface area contributed by atoms with Crippen LogP contribution in [0.5, 0.6) is 0 Å². The van der Waals surface area contributed by atoms with E-state index >= 15 is 0 Å². The molecule has 0 spiro atoms. The molecule has 0 radical (unpaired) electrons. The number of hydrogen-bond donors (Lipinski definition) is 2. The molecule has 0 saturated carbocycles. The number of nitrogen functional groups attached to an aromatic ring is 1. The van der Waals surface area contributed by atoms with Crippen molar-refractivity contribution in [1.29, 1.82) is 0 Å². The molecule has 7 heteroatoms. The van der Waals surface area contributed by atoms with Crippen LogP contribution in [0.1, 0.15) is 35.1 Å². The summed E-state index contributed by atoms with van der Waals surface area (Å²) in [6.07, 6.45) is 0. The zero-order valence-electron chi connectivity index (χ0n) is 8.26. The number of thiazole rings is 1. The summed E-state index contributed by atoms with van der Waals surface area (Å²) in [6, 6.07) is 0. The highest BCUT2D eigenvalue weighted by Crippen LogP contribution is 2.28. The van der Waals surface area contributed by atoms with Gasteiger partial charge in [0.25, 0.3) is 0 Å². The fourth-order valence-corrected chi connectivity index (χ4v) is 2.50. The lowest BCUT2D eigenvalue weighted by atomic mass is 10.1. The first-order valence-electron chi connectivity index (χ1n) is 4.39. The molecule has 0 amide bonds. The van der Waals surface area contributed by atoms with Crippen LogP contribution in [-0.4, -0.2) is 25.7 Å². The average Bonchev–Trinajstić information content (AvgIpc) is 2.58. The summed E-state index contributed by atoms with van der Waals surface area (Å²) >= 11 is 1.09. The molecule has 0 aromatic carbocycles. The minimum absolute atomic E-state index is 0.0611. The van der Waals surface area contributed by atoms with Crippen LogP contribution in [0.15, 0.2) is 0 Å². The SMILES string of the molecule is CC(C)c1c(C(=O)O)sc2nc(N)nn12. The van der Waals surface area contributed by atoms with E-state index in [1.54, 1.807) is 0 Å². The number of aromatic nitrogens is 3. The van der Waals surface area contributed by atoms with Crippen LogP contribution in [0.2, 0.25) is 0 Å². The van der Waals surface area contributed by atoms with Crippen molar-refractivity contribution in [2.45, 2.75) is 19.8 Å². The molecule has 80 valence electrons. The number of aromatic carboxylic acids is 1. The maximum atomic E-state index is 11.0. The van der Waals surface area contributed by atoms with Crippen molar-refractivity contribution in [1.82, 2.24) is 14.6 Å². The molecule has 2 heterocycles. The molecule has 15 heavy (non-hydrogen) atoms. The number of carbonyl (C=O) groups is 1. The largest absolute Gasteiger partial charge is 0.477 e. The van der Waals surface area contributed by atoms with Gasteiger partial charge in [0.2, 0.25) is 10.9 Å². The summed E-state index contributed by atoms with van der Waals surface area (Å²) < 4.78 is 1.51. The van der Waals surface area contributed by atoms with Crippen molar-refractivity contribution in [3.8, 4) is 0 Å². The van der Waals surface area contributed by atoms with Crippen LogP contribution in [0.3, 0.4) is 0 Å². The molecule has 0 fully saturated rings. The van der Waals surface area contributed by atoms with Gasteiger partial charge in [-0.15, -0.1) is 5.10 Å². The van der Waals surface area contributed by atoms with E-state index in [-0.39, 0.29) is 16.7 Å². The third kappa shape index (κ3) is 1.44. The number of nitrogens with two attached hydrogens (primary N) is 1. The van der Waals surface area contributed by atoms with Crippen molar-refractivity contribution in [3.63, 3.8) is 0 Å². The van der Waals surface area contributed by atoms with E-state index in [1.807, 2.05) is 13.8 Å². The van der Waals surface area contributed by atoms with Gasteiger partial charge in [-0.25, -0.2) is 9.31 Å². The molecule has 3 N–H and O–H groups in total. The molecular formula is C8H10N4O2S. The molecule has 0 aliphatic heterocycles. The fraction of sp³-hybridized carbons (Fsp3) is 0.375. The number of hydrogen-bond acceptors (Lipinski definition) is 5. The lowest BCUT2D eigenvalue weighted by Gasteiger charge is -2.03. The van der Waals surface area contributed by atoms with E-state index in [2.05, 4.69) is 10.1 Å². The van der Waals surface area contributed by atoms with Crippen molar-refractivity contribution >= 4 is 28.2 Å². The molecule has 0 saturated heterocycles. The smallest absolute Gasteiger partial charge is 0.347 e. The minimum atomic E-state index is -0.949. The Morgan fingerprint density at radius 3 is 2.80 bits per heavy atom. The van der Waals surface area contributed by atoms with Crippen LogP contribution in [0, 0.1) is 0 Å². The van der Waals surface area contributed by atoms with E-state index in [0.29, 0.717) is 10.7 Å². The molecule has 0 aliphatic rings. The average molecular weight is 226 g/mol. The summed E-state index contributed by atoms with van der Waals surface area (Å²) in [4.78, 5) is 15.7. The second kappa shape index (κ2) is 3.20. The standard InChI is InChI=1S/C8H10N4O2S/c1-3(2)4-5(6(13)14)15-8-10-7(9)11-12(4)8/h3H,1-2H3,(H2,9,11)(H,13,14). The van der Waals surface area contributed by atoms with Crippen LogP contribution in [0.25, 0.3) is 4.96 Å². The summed E-state index contributed by atoms with van der Waals surface area (Å²) in [5, 5.41) is 13.0. The summed E-state index contributed by atoms with van der Waals surface area (Å²) in [6.45, 7) is 3.82. The summed E-state index contributed by atoms with van der Waals surface area (Å²) in [5.41, 5.74) is 6.09. The van der Waals surface area contributed by atoms with Gasteiger partial charge in [0, 0.05) is 0 Å². The van der Waals surface area contributed by atoms with Gasteiger partial charge < -0.3 is 10.8 Å². The third-order valence-electron chi connectivity index (χ3n) is 1.99. The number of rotatable bonds is 2. The van der Waals surface area contributed by atoms with Gasteiger partial charge in [-0.3, -0.25) is 0 Å². The Morgan fingerprint density at radius 1 is 1.60 bits per heavy atom. The van der Waals surface area contributed by atoms with E-state index in [1.165, 1.54) is 4.52 Å². The molecular weight excluding hydrogens is 216 g/mol. The van der Waals surface area contributed by atoms with Crippen molar-refractivity contribution < 1.29 is 9.90 Å². The van der Waals surface area contributed by atoms with E-state index in [9.17, 15) is 4.79 Å². The van der Waals surface area contributed by atoms with Crippen molar-refractivity contribution in [2.24, 2.45) is 0 Å². The number of fused-ring (bicyclic) bond motifs is 1. The van der Waals surface area contributed by atoms with Gasteiger partial charge >= 0.3 is 5.97 Å². The number of anilines is 1. The highest BCUT2D eigenvalue weighted by molar-refractivity contribution is 7.19. The molecule has 6 nitrogen and oxygen atoms in total. The van der Waals surface area contributed by atoms with Crippen LogP contribution in [0.4, 0.5) is 5.95 Å². The molecule has 0 bridgehead atoms. The van der Waals surface area contributed by atoms with Crippen LogP contribution < -0.4 is 5.73 Å². The van der Waals surface area contributed by atoms with Crippen molar-refractivity contribution in [3.05, 3.63) is 10.6 Å². The van der Waals surface area contributed by atoms with Gasteiger partial charge in [0.05, 0.1) is 5.69 Å². The lowest BCUT2D eigenvalue weighted by molar-refractivity contribution is 0.0700. The number of carboxylic acid groups (broad SMARTS) is 1. The van der Waals surface area contributed by atoms with E-state index in [4.69, 9.17) is 10.8 Å². The Labute approximate surface area is 89.4 Å². The molecule has 2 aromatic rings. The maximum absolute atomic E-state index is 11.0. The molecule has 0 atom stereocenters. The molecule has 2 aromatic heterocycles. The zero-order valence-corrected chi connectivity index (χ0v) is 9.08. The van der Waals surface area contributed by atoms with Crippen LogP contribution >= 0.6 is 11.3 Å². The molecule has 2 rings (SSSR count). The van der Waals surface area contributed by atoms with Gasteiger partial charge in [-0.1, -0.05) is 25.2 Å². The number of nitrogens with zero attached hydrogens (tertiary/aromatic N) is 3. The second-order valence-corrected chi connectivity index (χ2v) is 4.42. The first-order valence-corrected chi connectivity index (χ1v) is 5.20. The Balaban J connectivity index is 2.77. The Kier molecular flexibility index (Phi) is 2.11. The van der Waals surface area contributed by atoms with E-state index < -0.39 is 5.97 Å². The Hall–Kier alpha value is -1.63. The first kappa shape index (κ1) is 9.91. The maximum Gasteiger partial charge on any atom is 0.347 e. The highest BCUT2D eigenvalue weighted by Gasteiger charge is 2.22. The first-order chi connectivity index (χ1) is 7.00. The van der Waals surface area contributed by atoms with Gasteiger partial charge in [-0.05, 0) is 5.92 Å². The summed E-state index contributed by atoms with van der Waals surface area (Å²) in [7, 11) is 0. The zero-order chi connectivity index (χ0) is 11.2. The molecule has 0 unspecified atom stereocenters. The van der Waals surface area contributed by atoms with Gasteiger partial charge in [0.15, 0.2) is 0 Å². The Bertz CT molecular complexity index is 528.